The molecule has 0 spiro atoms. The fraction of sp³-hybridized carbons (Fsp3) is 0.440. The lowest BCUT2D eigenvalue weighted by molar-refractivity contribution is -0.140. The van der Waals surface area contributed by atoms with E-state index in [1.54, 1.807) is 38.3 Å². The SMILES string of the molecule is COc1ccc(/C(O)=C2/C(=O)C(=O)N(CCCN(C)C)C2c2ccc(C)o2)cc1C(C)C. The van der Waals surface area contributed by atoms with E-state index >= 15 is 0 Å². The second-order valence-corrected chi connectivity index (χ2v) is 8.71. The number of methoxy groups -OCH3 is 1. The summed E-state index contributed by atoms with van der Waals surface area (Å²) in [5.41, 5.74) is 1.42. The zero-order valence-corrected chi connectivity index (χ0v) is 19.6. The minimum atomic E-state index is -0.768. The lowest BCUT2D eigenvalue weighted by Gasteiger charge is -2.24. The highest BCUT2D eigenvalue weighted by molar-refractivity contribution is 6.46. The maximum absolute atomic E-state index is 13.1. The molecule has 0 aliphatic carbocycles. The second kappa shape index (κ2) is 9.61. The van der Waals surface area contributed by atoms with E-state index in [0.29, 0.717) is 35.8 Å². The van der Waals surface area contributed by atoms with Crippen LogP contribution in [0.3, 0.4) is 0 Å². The molecule has 2 heterocycles. The second-order valence-electron chi connectivity index (χ2n) is 8.71. The fourth-order valence-corrected chi connectivity index (χ4v) is 4.05. The molecule has 1 aromatic heterocycles. The smallest absolute Gasteiger partial charge is 0.295 e. The van der Waals surface area contributed by atoms with E-state index in [4.69, 9.17) is 9.15 Å². The number of ketones is 1. The Morgan fingerprint density at radius 1 is 1.22 bits per heavy atom. The third-order valence-electron chi connectivity index (χ3n) is 5.70. The summed E-state index contributed by atoms with van der Waals surface area (Å²) in [5, 5.41) is 11.2. The Balaban J connectivity index is 2.11. The summed E-state index contributed by atoms with van der Waals surface area (Å²) in [4.78, 5) is 29.5. The van der Waals surface area contributed by atoms with E-state index in [-0.39, 0.29) is 17.3 Å². The van der Waals surface area contributed by atoms with Gasteiger partial charge in [0, 0.05) is 12.1 Å². The fourth-order valence-electron chi connectivity index (χ4n) is 4.05. The van der Waals surface area contributed by atoms with Crippen molar-refractivity contribution in [1.29, 1.82) is 0 Å². The topological polar surface area (TPSA) is 83.2 Å². The van der Waals surface area contributed by atoms with Gasteiger partial charge in [-0.2, -0.15) is 0 Å². The average molecular weight is 441 g/mol. The number of aryl methyl sites for hydroxylation is 1. The summed E-state index contributed by atoms with van der Waals surface area (Å²) < 4.78 is 11.2. The van der Waals surface area contributed by atoms with Gasteiger partial charge in [0.25, 0.3) is 11.7 Å². The summed E-state index contributed by atoms with van der Waals surface area (Å²) >= 11 is 0. The Morgan fingerprint density at radius 2 is 1.94 bits per heavy atom. The number of amides is 1. The van der Waals surface area contributed by atoms with Crippen LogP contribution < -0.4 is 4.74 Å². The van der Waals surface area contributed by atoms with Crippen LogP contribution in [0.2, 0.25) is 0 Å². The number of nitrogens with zero attached hydrogens (tertiary/aromatic N) is 2. The molecule has 1 aromatic carbocycles. The van der Waals surface area contributed by atoms with Gasteiger partial charge in [-0.1, -0.05) is 13.8 Å². The number of ether oxygens (including phenoxy) is 1. The van der Waals surface area contributed by atoms with Crippen LogP contribution in [-0.4, -0.2) is 60.9 Å². The number of furan rings is 1. The van der Waals surface area contributed by atoms with Gasteiger partial charge in [0.1, 0.15) is 29.1 Å². The Labute approximate surface area is 189 Å². The molecule has 172 valence electrons. The monoisotopic (exact) mass is 440 g/mol. The third kappa shape index (κ3) is 4.58. The Bertz CT molecular complexity index is 1030. The number of likely N-dealkylation sites (tertiary alicyclic amines) is 1. The number of hydrogen-bond acceptors (Lipinski definition) is 6. The number of carbonyl (C=O) groups is 2. The van der Waals surface area contributed by atoms with Crippen LogP contribution in [0.5, 0.6) is 5.75 Å². The van der Waals surface area contributed by atoms with Gasteiger partial charge < -0.3 is 24.1 Å². The molecule has 7 heteroatoms. The molecule has 0 bridgehead atoms. The summed E-state index contributed by atoms with van der Waals surface area (Å²) in [6, 6.07) is 8.05. The molecular weight excluding hydrogens is 408 g/mol. The first-order valence-electron chi connectivity index (χ1n) is 10.8. The van der Waals surface area contributed by atoms with Gasteiger partial charge in [-0.25, -0.2) is 0 Å². The summed E-state index contributed by atoms with van der Waals surface area (Å²) in [5.74, 6) is 0.460. The molecule has 0 saturated carbocycles. The Kier molecular flexibility index (Phi) is 7.09. The predicted molar refractivity (Wildman–Crippen MR) is 123 cm³/mol. The van der Waals surface area contributed by atoms with Gasteiger partial charge in [-0.15, -0.1) is 0 Å². The maximum atomic E-state index is 13.1. The first kappa shape index (κ1) is 23.6. The Morgan fingerprint density at radius 3 is 2.50 bits per heavy atom. The maximum Gasteiger partial charge on any atom is 0.295 e. The molecule has 7 nitrogen and oxygen atoms in total. The number of benzene rings is 1. The van der Waals surface area contributed by atoms with Crippen LogP contribution in [0.15, 0.2) is 40.3 Å². The zero-order chi connectivity index (χ0) is 23.6. The molecule has 3 rings (SSSR count). The first-order valence-corrected chi connectivity index (χ1v) is 10.8. The summed E-state index contributed by atoms with van der Waals surface area (Å²) in [7, 11) is 5.51. The van der Waals surface area contributed by atoms with Crippen molar-refractivity contribution in [2.75, 3.05) is 34.3 Å². The van der Waals surface area contributed by atoms with E-state index in [1.165, 1.54) is 4.90 Å². The molecule has 1 unspecified atom stereocenters. The third-order valence-corrected chi connectivity index (χ3v) is 5.70. The molecule has 1 aliphatic rings. The molecule has 1 amide bonds. The van der Waals surface area contributed by atoms with Gasteiger partial charge in [0.15, 0.2) is 0 Å². The van der Waals surface area contributed by atoms with Gasteiger partial charge in [0.05, 0.1) is 12.7 Å². The van der Waals surface area contributed by atoms with E-state index in [2.05, 4.69) is 0 Å². The van der Waals surface area contributed by atoms with Crippen molar-refractivity contribution < 1.29 is 23.8 Å². The van der Waals surface area contributed by atoms with E-state index < -0.39 is 17.7 Å². The van der Waals surface area contributed by atoms with Crippen LogP contribution in [0.1, 0.15) is 54.9 Å². The van der Waals surface area contributed by atoms with Crippen LogP contribution in [0, 0.1) is 6.92 Å². The van der Waals surface area contributed by atoms with Crippen molar-refractivity contribution in [2.45, 2.75) is 39.2 Å². The molecular formula is C25H32N2O5. The molecule has 1 atom stereocenters. The van der Waals surface area contributed by atoms with Gasteiger partial charge in [0.2, 0.25) is 0 Å². The van der Waals surface area contributed by atoms with E-state index in [1.807, 2.05) is 38.9 Å². The number of aliphatic hydroxyl groups excluding tert-OH is 1. The highest BCUT2D eigenvalue weighted by Crippen LogP contribution is 2.41. The predicted octanol–water partition coefficient (Wildman–Crippen LogP) is 4.09. The van der Waals surface area contributed by atoms with Crippen molar-refractivity contribution in [1.82, 2.24) is 9.80 Å². The normalized spacial score (nSPS) is 18.2. The number of Topliss-reactive ketones (excluding diaryl/α,β-unsaturated/α-hetero) is 1. The van der Waals surface area contributed by atoms with Crippen LogP contribution >= 0.6 is 0 Å². The Hall–Kier alpha value is -3.06. The molecule has 0 radical (unpaired) electrons. The van der Waals surface area contributed by atoms with Gasteiger partial charge in [-0.05, 0) is 75.8 Å². The lowest BCUT2D eigenvalue weighted by atomic mass is 9.95. The quantitative estimate of drug-likeness (QED) is 0.378. The average Bonchev–Trinajstić information content (AvgIpc) is 3.28. The van der Waals surface area contributed by atoms with Gasteiger partial charge >= 0.3 is 0 Å². The molecule has 2 aromatic rings. The minimum absolute atomic E-state index is 0.0501. The highest BCUT2D eigenvalue weighted by atomic mass is 16.5. The number of rotatable bonds is 8. The molecule has 1 fully saturated rings. The summed E-state index contributed by atoms with van der Waals surface area (Å²) in [6.45, 7) is 7.00. The molecule has 1 N–H and O–H groups in total. The lowest BCUT2D eigenvalue weighted by Crippen LogP contribution is -2.32. The van der Waals surface area contributed by atoms with Crippen molar-refractivity contribution in [2.24, 2.45) is 0 Å². The first-order chi connectivity index (χ1) is 15.1. The van der Waals surface area contributed by atoms with Crippen molar-refractivity contribution in [3.63, 3.8) is 0 Å². The summed E-state index contributed by atoms with van der Waals surface area (Å²) in [6.07, 6.45) is 0.691. The molecule has 1 saturated heterocycles. The van der Waals surface area contributed by atoms with Crippen LogP contribution in [0.25, 0.3) is 5.76 Å². The highest BCUT2D eigenvalue weighted by Gasteiger charge is 2.47. The van der Waals surface area contributed by atoms with E-state index in [9.17, 15) is 14.7 Å². The minimum Gasteiger partial charge on any atom is -0.507 e. The molecule has 1 aliphatic heterocycles. The van der Waals surface area contributed by atoms with Crippen molar-refractivity contribution in [3.05, 3.63) is 58.6 Å². The molecule has 32 heavy (non-hydrogen) atoms. The number of carbonyl (C=O) groups excluding carboxylic acids is 2. The van der Waals surface area contributed by atoms with E-state index in [0.717, 1.165) is 12.1 Å². The van der Waals surface area contributed by atoms with Crippen LogP contribution in [-0.2, 0) is 9.59 Å². The zero-order valence-electron chi connectivity index (χ0n) is 19.6. The largest absolute Gasteiger partial charge is 0.507 e. The van der Waals surface area contributed by atoms with Crippen molar-refractivity contribution in [3.8, 4) is 5.75 Å². The number of hydrogen-bond donors (Lipinski definition) is 1. The van der Waals surface area contributed by atoms with Crippen molar-refractivity contribution >= 4 is 17.4 Å². The standard InChI is InChI=1S/C25H32N2O5/c1-15(2)18-14-17(9-11-19(18)31-6)23(28)21-22(20-10-8-16(3)32-20)27(25(30)24(21)29)13-7-12-26(4)5/h8-11,14-15,22,28H,7,12-13H2,1-6H3/b23-21-. The van der Waals surface area contributed by atoms with Gasteiger partial charge in [-0.3, -0.25) is 9.59 Å². The number of aliphatic hydroxyl groups is 1. The van der Waals surface area contributed by atoms with Crippen LogP contribution in [0.4, 0.5) is 0 Å².